The Kier molecular flexibility index (Phi) is 4.19. The van der Waals surface area contributed by atoms with E-state index in [2.05, 4.69) is 41.5 Å². The highest BCUT2D eigenvalue weighted by molar-refractivity contribution is 5.32. The number of benzene rings is 1. The van der Waals surface area contributed by atoms with E-state index in [0.717, 1.165) is 19.1 Å². The molecule has 3 rings (SSSR count). The Balaban J connectivity index is 1.66. The van der Waals surface area contributed by atoms with E-state index >= 15 is 0 Å². The molecule has 1 unspecified atom stereocenters. The van der Waals surface area contributed by atoms with Crippen LogP contribution in [0.3, 0.4) is 0 Å². The van der Waals surface area contributed by atoms with Crippen molar-refractivity contribution in [2.75, 3.05) is 20.1 Å². The lowest BCUT2D eigenvalue weighted by Crippen LogP contribution is -2.40. The number of hydrogen-bond acceptors (Lipinski definition) is 2. The Morgan fingerprint density at radius 2 is 1.95 bits per heavy atom. The molecule has 0 radical (unpaired) electrons. The summed E-state index contributed by atoms with van der Waals surface area (Å²) in [7, 11) is 2.33. The van der Waals surface area contributed by atoms with E-state index in [1.807, 2.05) is 0 Å². The fourth-order valence-electron chi connectivity index (χ4n) is 3.77. The fourth-order valence-corrected chi connectivity index (χ4v) is 3.77. The number of nitrogens with zero attached hydrogens (tertiary/aromatic N) is 1. The first-order valence-electron chi connectivity index (χ1n) is 7.83. The number of fused-ring (bicyclic) bond motifs is 1. The Morgan fingerprint density at radius 1 is 1.16 bits per heavy atom. The largest absolute Gasteiger partial charge is 0.312 e. The average Bonchev–Trinajstić information content (AvgIpc) is 2.48. The number of hydrogen-bond donors (Lipinski definition) is 1. The maximum atomic E-state index is 3.57. The molecule has 1 fully saturated rings. The van der Waals surface area contributed by atoms with Gasteiger partial charge in [-0.15, -0.1) is 0 Å². The van der Waals surface area contributed by atoms with Crippen LogP contribution in [0.5, 0.6) is 0 Å². The van der Waals surface area contributed by atoms with E-state index in [1.165, 1.54) is 44.2 Å². The van der Waals surface area contributed by atoms with E-state index in [0.29, 0.717) is 5.92 Å². The molecule has 1 atom stereocenters. The fraction of sp³-hybridized carbons (Fsp3) is 0.647. The zero-order chi connectivity index (χ0) is 13.1. The number of likely N-dealkylation sites (N-methyl/N-ethyl adjacent to an activating group) is 1. The van der Waals surface area contributed by atoms with Crippen LogP contribution in [0.1, 0.15) is 49.1 Å². The second-order valence-corrected chi connectivity index (χ2v) is 6.26. The second kappa shape index (κ2) is 6.06. The summed E-state index contributed by atoms with van der Waals surface area (Å²) in [4.78, 5) is 2.62. The van der Waals surface area contributed by atoms with Gasteiger partial charge in [0.1, 0.15) is 0 Å². The summed E-state index contributed by atoms with van der Waals surface area (Å²) < 4.78 is 0. The third-order valence-electron chi connectivity index (χ3n) is 4.91. The van der Waals surface area contributed by atoms with Gasteiger partial charge in [0.05, 0.1) is 0 Å². The standard InChI is InChI=1S/C17H26N2/c1-19(16-8-3-2-4-9-16)13-15-12-18-11-14-7-5-6-10-17(14)15/h5-7,10,15-16,18H,2-4,8-9,11-13H2,1H3. The molecule has 2 heteroatoms. The highest BCUT2D eigenvalue weighted by Crippen LogP contribution is 2.27. The van der Waals surface area contributed by atoms with Gasteiger partial charge in [-0.25, -0.2) is 0 Å². The zero-order valence-corrected chi connectivity index (χ0v) is 12.1. The van der Waals surface area contributed by atoms with Crippen molar-refractivity contribution in [2.24, 2.45) is 0 Å². The molecule has 104 valence electrons. The molecule has 1 aliphatic heterocycles. The molecule has 2 nitrogen and oxygen atoms in total. The molecule has 1 aliphatic carbocycles. The van der Waals surface area contributed by atoms with E-state index in [-0.39, 0.29) is 0 Å². The van der Waals surface area contributed by atoms with Gasteiger partial charge in [0, 0.05) is 31.6 Å². The van der Waals surface area contributed by atoms with Crippen molar-refractivity contribution < 1.29 is 0 Å². The van der Waals surface area contributed by atoms with Crippen LogP contribution in [-0.4, -0.2) is 31.1 Å². The van der Waals surface area contributed by atoms with Crippen molar-refractivity contribution in [1.82, 2.24) is 10.2 Å². The van der Waals surface area contributed by atoms with Crippen LogP contribution in [0.4, 0.5) is 0 Å². The SMILES string of the molecule is CN(CC1CNCc2ccccc21)C1CCCCC1. The second-order valence-electron chi connectivity index (χ2n) is 6.26. The summed E-state index contributed by atoms with van der Waals surface area (Å²) in [5.74, 6) is 0.664. The van der Waals surface area contributed by atoms with E-state index in [1.54, 1.807) is 5.56 Å². The van der Waals surface area contributed by atoms with Gasteiger partial charge in [-0.1, -0.05) is 43.5 Å². The van der Waals surface area contributed by atoms with Crippen molar-refractivity contribution in [2.45, 2.75) is 50.6 Å². The van der Waals surface area contributed by atoms with E-state index < -0.39 is 0 Å². The molecule has 0 amide bonds. The minimum absolute atomic E-state index is 0.664. The molecule has 0 spiro atoms. The quantitative estimate of drug-likeness (QED) is 0.896. The summed E-state index contributed by atoms with van der Waals surface area (Å²) in [5, 5.41) is 3.57. The Labute approximate surface area is 117 Å². The summed E-state index contributed by atoms with van der Waals surface area (Å²) in [6.45, 7) is 3.38. The van der Waals surface area contributed by atoms with Crippen LogP contribution >= 0.6 is 0 Å². The average molecular weight is 258 g/mol. The highest BCUT2D eigenvalue weighted by atomic mass is 15.1. The number of nitrogens with one attached hydrogen (secondary N) is 1. The first-order valence-corrected chi connectivity index (χ1v) is 7.83. The van der Waals surface area contributed by atoms with Crippen LogP contribution < -0.4 is 5.32 Å². The van der Waals surface area contributed by atoms with Gasteiger partial charge >= 0.3 is 0 Å². The smallest absolute Gasteiger partial charge is 0.0208 e. The van der Waals surface area contributed by atoms with Crippen LogP contribution in [0.2, 0.25) is 0 Å². The van der Waals surface area contributed by atoms with Crippen LogP contribution in [-0.2, 0) is 6.54 Å². The molecule has 1 N–H and O–H groups in total. The molecule has 19 heavy (non-hydrogen) atoms. The lowest BCUT2D eigenvalue weighted by Gasteiger charge is -2.36. The highest BCUT2D eigenvalue weighted by Gasteiger charge is 2.24. The Bertz CT molecular complexity index is 409. The van der Waals surface area contributed by atoms with Gasteiger partial charge in [0.25, 0.3) is 0 Å². The third kappa shape index (κ3) is 3.01. The molecule has 1 heterocycles. The minimum atomic E-state index is 0.664. The molecule has 1 aromatic carbocycles. The van der Waals surface area contributed by atoms with Crippen LogP contribution in [0.15, 0.2) is 24.3 Å². The summed E-state index contributed by atoms with van der Waals surface area (Å²) in [6, 6.07) is 9.78. The maximum Gasteiger partial charge on any atom is 0.0208 e. The lowest BCUT2D eigenvalue weighted by atomic mass is 9.89. The van der Waals surface area contributed by atoms with Crippen molar-refractivity contribution in [3.8, 4) is 0 Å². The van der Waals surface area contributed by atoms with E-state index in [4.69, 9.17) is 0 Å². The normalized spacial score (nSPS) is 24.4. The monoisotopic (exact) mass is 258 g/mol. The maximum absolute atomic E-state index is 3.57. The first kappa shape index (κ1) is 13.1. The lowest BCUT2D eigenvalue weighted by molar-refractivity contribution is 0.179. The molecule has 0 saturated heterocycles. The van der Waals surface area contributed by atoms with Gasteiger partial charge in [-0.3, -0.25) is 0 Å². The van der Waals surface area contributed by atoms with Crippen molar-refractivity contribution in [3.63, 3.8) is 0 Å². The Hall–Kier alpha value is -0.860. The van der Waals surface area contributed by atoms with Gasteiger partial charge in [0.15, 0.2) is 0 Å². The van der Waals surface area contributed by atoms with Crippen LogP contribution in [0, 0.1) is 0 Å². The summed E-state index contributed by atoms with van der Waals surface area (Å²) in [5.41, 5.74) is 3.07. The predicted molar refractivity (Wildman–Crippen MR) is 80.4 cm³/mol. The van der Waals surface area contributed by atoms with Gasteiger partial charge < -0.3 is 10.2 Å². The van der Waals surface area contributed by atoms with Crippen LogP contribution in [0.25, 0.3) is 0 Å². The predicted octanol–water partition coefficient (Wildman–Crippen LogP) is 3.14. The Morgan fingerprint density at radius 3 is 2.79 bits per heavy atom. The van der Waals surface area contributed by atoms with Crippen molar-refractivity contribution in [3.05, 3.63) is 35.4 Å². The number of rotatable bonds is 3. The van der Waals surface area contributed by atoms with Gasteiger partial charge in [-0.2, -0.15) is 0 Å². The molecule has 0 bridgehead atoms. The van der Waals surface area contributed by atoms with Crippen molar-refractivity contribution in [1.29, 1.82) is 0 Å². The molecule has 1 aromatic rings. The minimum Gasteiger partial charge on any atom is -0.312 e. The third-order valence-corrected chi connectivity index (χ3v) is 4.91. The summed E-state index contributed by atoms with van der Waals surface area (Å²) >= 11 is 0. The molecule has 1 saturated carbocycles. The van der Waals surface area contributed by atoms with E-state index in [9.17, 15) is 0 Å². The van der Waals surface area contributed by atoms with Gasteiger partial charge in [0.2, 0.25) is 0 Å². The molecule has 0 aromatic heterocycles. The molecular formula is C17H26N2. The topological polar surface area (TPSA) is 15.3 Å². The van der Waals surface area contributed by atoms with Crippen molar-refractivity contribution >= 4 is 0 Å². The van der Waals surface area contributed by atoms with Gasteiger partial charge in [-0.05, 0) is 31.0 Å². The molecular weight excluding hydrogens is 232 g/mol. The zero-order valence-electron chi connectivity index (χ0n) is 12.1. The molecule has 2 aliphatic rings. The first-order chi connectivity index (χ1) is 9.34. The summed E-state index contributed by atoms with van der Waals surface area (Å²) in [6.07, 6.45) is 7.10.